The molecule has 1 rings (SSSR count). The number of carbonyl (C=O) groups is 1. The maximum Gasteiger partial charge on any atom is 0.158 e. The summed E-state index contributed by atoms with van der Waals surface area (Å²) in [5, 5.41) is 0. The van der Waals surface area contributed by atoms with Crippen LogP contribution >= 0.6 is 0 Å². The largest absolute Gasteiger partial charge is 0.295 e. The van der Waals surface area contributed by atoms with E-state index in [-0.39, 0.29) is 0 Å². The van der Waals surface area contributed by atoms with Crippen LogP contribution in [0, 0.1) is 0 Å². The van der Waals surface area contributed by atoms with E-state index < -0.39 is 0 Å². The fourth-order valence-electron chi connectivity index (χ4n) is 1.15. The Hall–Kier alpha value is -0.850. The third-order valence-corrected chi connectivity index (χ3v) is 1.74. The molecule has 0 heterocycles. The Morgan fingerprint density at radius 3 is 3.00 bits per heavy atom. The molecule has 0 N–H and O–H groups in total. The Morgan fingerprint density at radius 1 is 1.70 bits per heavy atom. The van der Waals surface area contributed by atoms with Gasteiger partial charge in [-0.3, -0.25) is 4.79 Å². The summed E-state index contributed by atoms with van der Waals surface area (Å²) in [6, 6.07) is 0. The van der Waals surface area contributed by atoms with Crippen molar-refractivity contribution in [2.75, 3.05) is 0 Å². The summed E-state index contributed by atoms with van der Waals surface area (Å²) in [6.07, 6.45) is 7.40. The Balaban J connectivity index is 2.39. The fraction of sp³-hybridized carbons (Fsp3) is 0.444. The molecule has 0 aromatic rings. The smallest absolute Gasteiger partial charge is 0.158 e. The quantitative estimate of drug-likeness (QED) is 0.544. The van der Waals surface area contributed by atoms with Gasteiger partial charge in [-0.15, -0.1) is 6.58 Å². The zero-order chi connectivity index (χ0) is 7.40. The molecular weight excluding hydrogens is 124 g/mol. The molecular formula is C9H12O. The molecule has 1 heteroatoms. The Bertz CT molecular complexity index is 177. The van der Waals surface area contributed by atoms with Crippen LogP contribution in [0.5, 0.6) is 0 Å². The average Bonchev–Trinajstić information content (AvgIpc) is 2.31. The van der Waals surface area contributed by atoms with Gasteiger partial charge >= 0.3 is 0 Å². The van der Waals surface area contributed by atoms with Crippen LogP contribution < -0.4 is 0 Å². The lowest BCUT2D eigenvalue weighted by Crippen LogP contribution is -1.94. The molecule has 1 aliphatic carbocycles. The SMILES string of the molecule is C=CCCC1=CCCC1=O. The summed E-state index contributed by atoms with van der Waals surface area (Å²) in [5.41, 5.74) is 1.01. The first-order valence-electron chi connectivity index (χ1n) is 3.67. The number of hydrogen-bond donors (Lipinski definition) is 0. The van der Waals surface area contributed by atoms with Crippen LogP contribution in [0.3, 0.4) is 0 Å². The predicted octanol–water partition coefficient (Wildman–Crippen LogP) is 2.24. The topological polar surface area (TPSA) is 17.1 Å². The highest BCUT2D eigenvalue weighted by molar-refractivity contribution is 5.97. The summed E-state index contributed by atoms with van der Waals surface area (Å²) < 4.78 is 0. The van der Waals surface area contributed by atoms with Gasteiger partial charge in [-0.25, -0.2) is 0 Å². The Morgan fingerprint density at radius 2 is 2.50 bits per heavy atom. The highest BCUT2D eigenvalue weighted by Crippen LogP contribution is 2.18. The van der Waals surface area contributed by atoms with Crippen molar-refractivity contribution in [2.24, 2.45) is 0 Å². The van der Waals surface area contributed by atoms with Crippen molar-refractivity contribution in [3.63, 3.8) is 0 Å². The molecule has 10 heavy (non-hydrogen) atoms. The van der Waals surface area contributed by atoms with Crippen LogP contribution in [0.4, 0.5) is 0 Å². The molecule has 0 amide bonds. The molecule has 0 aliphatic heterocycles. The molecule has 0 spiro atoms. The summed E-state index contributed by atoms with van der Waals surface area (Å²) in [5.74, 6) is 0.335. The lowest BCUT2D eigenvalue weighted by atomic mass is 10.1. The first-order valence-corrected chi connectivity index (χ1v) is 3.67. The first-order chi connectivity index (χ1) is 4.84. The standard InChI is InChI=1S/C9H12O/c1-2-3-5-8-6-4-7-9(8)10/h2,6H,1,3-5,7H2. The molecule has 0 bridgehead atoms. The van der Waals surface area contributed by atoms with Gasteiger partial charge in [0, 0.05) is 6.42 Å². The van der Waals surface area contributed by atoms with E-state index in [9.17, 15) is 4.79 Å². The van der Waals surface area contributed by atoms with Gasteiger partial charge in [0.25, 0.3) is 0 Å². The molecule has 0 atom stereocenters. The van der Waals surface area contributed by atoms with Crippen LogP contribution in [0.2, 0.25) is 0 Å². The number of allylic oxidation sites excluding steroid dienone is 3. The van der Waals surface area contributed by atoms with Gasteiger partial charge in [0.15, 0.2) is 5.78 Å². The van der Waals surface area contributed by atoms with Crippen LogP contribution in [0.15, 0.2) is 24.3 Å². The van der Waals surface area contributed by atoms with Crippen molar-refractivity contribution in [1.82, 2.24) is 0 Å². The minimum absolute atomic E-state index is 0.335. The van der Waals surface area contributed by atoms with Crippen LogP contribution in [-0.4, -0.2) is 5.78 Å². The van der Waals surface area contributed by atoms with Crippen molar-refractivity contribution >= 4 is 5.78 Å². The molecule has 0 radical (unpaired) electrons. The van der Waals surface area contributed by atoms with Gasteiger partial charge in [0.2, 0.25) is 0 Å². The van der Waals surface area contributed by atoms with E-state index in [0.29, 0.717) is 5.78 Å². The molecule has 54 valence electrons. The first kappa shape index (κ1) is 7.26. The van der Waals surface area contributed by atoms with E-state index in [0.717, 1.165) is 31.3 Å². The lowest BCUT2D eigenvalue weighted by molar-refractivity contribution is -0.115. The lowest BCUT2D eigenvalue weighted by Gasteiger charge is -1.94. The minimum atomic E-state index is 0.335. The number of ketones is 1. The van der Waals surface area contributed by atoms with Gasteiger partial charge in [-0.1, -0.05) is 12.2 Å². The molecule has 0 unspecified atom stereocenters. The Labute approximate surface area is 61.4 Å². The summed E-state index contributed by atoms with van der Waals surface area (Å²) in [7, 11) is 0. The van der Waals surface area contributed by atoms with E-state index in [1.807, 2.05) is 12.2 Å². The number of rotatable bonds is 3. The molecule has 0 aromatic carbocycles. The molecule has 0 aromatic heterocycles. The second-order valence-corrected chi connectivity index (χ2v) is 2.52. The highest BCUT2D eigenvalue weighted by atomic mass is 16.1. The van der Waals surface area contributed by atoms with E-state index in [1.165, 1.54) is 0 Å². The van der Waals surface area contributed by atoms with E-state index >= 15 is 0 Å². The second kappa shape index (κ2) is 3.35. The van der Waals surface area contributed by atoms with Gasteiger partial charge in [-0.05, 0) is 24.8 Å². The van der Waals surface area contributed by atoms with Crippen LogP contribution in [-0.2, 0) is 4.79 Å². The third-order valence-electron chi connectivity index (χ3n) is 1.74. The zero-order valence-electron chi connectivity index (χ0n) is 6.10. The Kier molecular flexibility index (Phi) is 2.43. The maximum absolute atomic E-state index is 11.0. The molecule has 0 saturated heterocycles. The van der Waals surface area contributed by atoms with Gasteiger partial charge in [0.1, 0.15) is 0 Å². The predicted molar refractivity (Wildman–Crippen MR) is 41.8 cm³/mol. The third kappa shape index (κ3) is 1.56. The van der Waals surface area contributed by atoms with Crippen molar-refractivity contribution in [1.29, 1.82) is 0 Å². The van der Waals surface area contributed by atoms with Gasteiger partial charge < -0.3 is 0 Å². The van der Waals surface area contributed by atoms with Crippen LogP contribution in [0.1, 0.15) is 25.7 Å². The normalized spacial score (nSPS) is 17.2. The van der Waals surface area contributed by atoms with E-state index in [2.05, 4.69) is 6.58 Å². The molecule has 0 saturated carbocycles. The van der Waals surface area contributed by atoms with Gasteiger partial charge in [0.05, 0.1) is 0 Å². The van der Waals surface area contributed by atoms with Crippen molar-refractivity contribution in [3.8, 4) is 0 Å². The summed E-state index contributed by atoms with van der Waals surface area (Å²) >= 11 is 0. The monoisotopic (exact) mass is 136 g/mol. The zero-order valence-corrected chi connectivity index (χ0v) is 6.10. The number of carbonyl (C=O) groups excluding carboxylic acids is 1. The van der Waals surface area contributed by atoms with Crippen molar-refractivity contribution in [2.45, 2.75) is 25.7 Å². The fourth-order valence-corrected chi connectivity index (χ4v) is 1.15. The van der Waals surface area contributed by atoms with E-state index in [1.54, 1.807) is 0 Å². The van der Waals surface area contributed by atoms with Crippen molar-refractivity contribution in [3.05, 3.63) is 24.3 Å². The molecule has 1 nitrogen and oxygen atoms in total. The van der Waals surface area contributed by atoms with Gasteiger partial charge in [-0.2, -0.15) is 0 Å². The van der Waals surface area contributed by atoms with E-state index in [4.69, 9.17) is 0 Å². The van der Waals surface area contributed by atoms with Crippen LogP contribution in [0.25, 0.3) is 0 Å². The minimum Gasteiger partial charge on any atom is -0.295 e. The summed E-state index contributed by atoms with van der Waals surface area (Å²) in [6.45, 7) is 3.61. The maximum atomic E-state index is 11.0. The second-order valence-electron chi connectivity index (χ2n) is 2.52. The highest BCUT2D eigenvalue weighted by Gasteiger charge is 2.12. The molecule has 1 aliphatic rings. The number of hydrogen-bond acceptors (Lipinski definition) is 1. The number of Topliss-reactive ketones (excluding diaryl/α,β-unsaturated/α-hetero) is 1. The summed E-state index contributed by atoms with van der Waals surface area (Å²) in [4.78, 5) is 11.0. The van der Waals surface area contributed by atoms with Crippen molar-refractivity contribution < 1.29 is 4.79 Å². The average molecular weight is 136 g/mol. The molecule has 0 fully saturated rings.